The Labute approximate surface area is 96.6 Å². The maximum absolute atomic E-state index is 11.7. The number of urea groups is 1. The fraction of sp³-hybridized carbons (Fsp3) is 0.273. The largest absolute Gasteiger partial charge is 0.479 e. The van der Waals surface area contributed by atoms with Crippen molar-refractivity contribution in [2.45, 2.75) is 12.1 Å². The predicted octanol–water partition coefficient (Wildman–Crippen LogP) is 0.994. The molecule has 0 radical (unpaired) electrons. The molecule has 2 atom stereocenters. The van der Waals surface area contributed by atoms with Crippen LogP contribution in [0.4, 0.5) is 4.79 Å². The fourth-order valence-electron chi connectivity index (χ4n) is 2.55. The highest BCUT2D eigenvalue weighted by molar-refractivity contribution is 5.87. The molecule has 0 saturated carbocycles. The van der Waals surface area contributed by atoms with Gasteiger partial charge in [-0.25, -0.2) is 9.59 Å². The lowest BCUT2D eigenvalue weighted by atomic mass is 9.91. The van der Waals surface area contributed by atoms with E-state index in [4.69, 9.17) is 0 Å². The second-order valence-corrected chi connectivity index (χ2v) is 4.16. The van der Waals surface area contributed by atoms with E-state index in [0.29, 0.717) is 16.2 Å². The van der Waals surface area contributed by atoms with Crippen LogP contribution in [0.3, 0.4) is 0 Å². The summed E-state index contributed by atoms with van der Waals surface area (Å²) in [5.74, 6) is -1.08. The molecule has 2 amide bonds. The van der Waals surface area contributed by atoms with E-state index in [1.54, 1.807) is 24.3 Å². The first-order valence-corrected chi connectivity index (χ1v) is 5.21. The van der Waals surface area contributed by atoms with Crippen LogP contribution in [0.2, 0.25) is 0 Å². The lowest BCUT2D eigenvalue weighted by molar-refractivity contribution is -0.142. The minimum atomic E-state index is -1.08. The third kappa shape index (κ3) is 1.18. The third-order valence-corrected chi connectivity index (χ3v) is 3.30. The molecule has 0 aliphatic carbocycles. The number of benzene rings is 1. The minimum Gasteiger partial charge on any atom is -0.479 e. The van der Waals surface area contributed by atoms with E-state index in [2.05, 4.69) is 0 Å². The maximum Gasteiger partial charge on any atom is 0.345 e. The first-order chi connectivity index (χ1) is 8.11. The van der Waals surface area contributed by atoms with Gasteiger partial charge in [-0.2, -0.15) is 5.06 Å². The molecule has 0 spiro atoms. The number of carbonyl (C=O) groups excluding carboxylic acids is 1. The molecule has 1 fully saturated rings. The van der Waals surface area contributed by atoms with Crippen molar-refractivity contribution < 1.29 is 19.9 Å². The van der Waals surface area contributed by atoms with Crippen LogP contribution in [0.5, 0.6) is 0 Å². The molecule has 0 aromatic heterocycles. The number of rotatable bonds is 1. The van der Waals surface area contributed by atoms with Crippen molar-refractivity contribution in [3.05, 3.63) is 35.4 Å². The van der Waals surface area contributed by atoms with Crippen molar-refractivity contribution in [1.29, 1.82) is 0 Å². The number of carbonyl (C=O) groups is 2. The van der Waals surface area contributed by atoms with Gasteiger partial charge in [0, 0.05) is 0 Å². The molecule has 6 nitrogen and oxygen atoms in total. The minimum absolute atomic E-state index is 0.212. The van der Waals surface area contributed by atoms with Crippen molar-refractivity contribution in [1.82, 2.24) is 9.96 Å². The Hall–Kier alpha value is -2.08. The van der Waals surface area contributed by atoms with Crippen LogP contribution in [-0.4, -0.2) is 38.8 Å². The molecule has 6 heteroatoms. The van der Waals surface area contributed by atoms with Gasteiger partial charge < -0.3 is 10.0 Å². The molecule has 2 aliphatic heterocycles. The second kappa shape index (κ2) is 3.21. The highest BCUT2D eigenvalue weighted by atomic mass is 16.5. The Morgan fingerprint density at radius 2 is 1.94 bits per heavy atom. The van der Waals surface area contributed by atoms with Gasteiger partial charge >= 0.3 is 12.0 Å². The van der Waals surface area contributed by atoms with Gasteiger partial charge in [0.1, 0.15) is 6.04 Å². The van der Waals surface area contributed by atoms with Crippen LogP contribution in [0.1, 0.15) is 23.2 Å². The number of hydrogen-bond acceptors (Lipinski definition) is 3. The molecule has 17 heavy (non-hydrogen) atoms. The zero-order chi connectivity index (χ0) is 12.2. The summed E-state index contributed by atoms with van der Waals surface area (Å²) in [6.45, 7) is 0.212. The number of hydrogen-bond donors (Lipinski definition) is 2. The summed E-state index contributed by atoms with van der Waals surface area (Å²) in [7, 11) is 0. The number of nitrogens with zero attached hydrogens (tertiary/aromatic N) is 2. The Bertz CT molecular complexity index is 516. The van der Waals surface area contributed by atoms with Gasteiger partial charge in [0.2, 0.25) is 0 Å². The van der Waals surface area contributed by atoms with Gasteiger partial charge in [-0.05, 0) is 11.1 Å². The zero-order valence-electron chi connectivity index (χ0n) is 8.78. The number of carboxylic acid groups (broad SMARTS) is 1. The third-order valence-electron chi connectivity index (χ3n) is 3.30. The van der Waals surface area contributed by atoms with E-state index in [1.807, 2.05) is 0 Å². The van der Waals surface area contributed by atoms with E-state index in [0.717, 1.165) is 0 Å². The molecule has 1 saturated heterocycles. The lowest BCUT2D eigenvalue weighted by Gasteiger charge is -2.29. The van der Waals surface area contributed by atoms with E-state index >= 15 is 0 Å². The summed E-state index contributed by atoms with van der Waals surface area (Å²) in [4.78, 5) is 24.1. The highest BCUT2D eigenvalue weighted by Gasteiger charge is 2.49. The Balaban J connectivity index is 2.21. The van der Waals surface area contributed by atoms with Crippen molar-refractivity contribution in [2.75, 3.05) is 6.54 Å². The van der Waals surface area contributed by atoms with Crippen molar-refractivity contribution in [3.8, 4) is 0 Å². The van der Waals surface area contributed by atoms with E-state index in [-0.39, 0.29) is 6.54 Å². The molecule has 2 bridgehead atoms. The normalized spacial score (nSPS) is 26.1. The number of amides is 2. The lowest BCUT2D eigenvalue weighted by Crippen LogP contribution is -2.38. The first-order valence-electron chi connectivity index (χ1n) is 5.21. The standard InChI is InChI=1S/C11H10N2O4/c14-10(15)9-7-4-2-1-3-6(7)8-5-12(9)11(16)13(8)17/h1-4,8-9,17H,5H2,(H,14,15). The van der Waals surface area contributed by atoms with Gasteiger partial charge in [0.15, 0.2) is 6.04 Å². The smallest absolute Gasteiger partial charge is 0.345 e. The molecule has 3 rings (SSSR count). The van der Waals surface area contributed by atoms with Crippen LogP contribution < -0.4 is 0 Å². The average molecular weight is 234 g/mol. The summed E-state index contributed by atoms with van der Waals surface area (Å²) in [5.41, 5.74) is 1.27. The maximum atomic E-state index is 11.7. The summed E-state index contributed by atoms with van der Waals surface area (Å²) in [6, 6.07) is 4.80. The zero-order valence-corrected chi connectivity index (χ0v) is 8.78. The summed E-state index contributed by atoms with van der Waals surface area (Å²) in [6.07, 6.45) is 0. The molecular weight excluding hydrogens is 224 g/mol. The van der Waals surface area contributed by atoms with Crippen LogP contribution in [0, 0.1) is 0 Å². The Kier molecular flexibility index (Phi) is 1.90. The van der Waals surface area contributed by atoms with Crippen LogP contribution in [0.15, 0.2) is 24.3 Å². The molecule has 2 unspecified atom stereocenters. The number of hydroxylamine groups is 2. The van der Waals surface area contributed by atoms with Gasteiger partial charge in [0.05, 0.1) is 6.54 Å². The second-order valence-electron chi connectivity index (χ2n) is 4.16. The summed E-state index contributed by atoms with van der Waals surface area (Å²) >= 11 is 0. The Morgan fingerprint density at radius 3 is 2.59 bits per heavy atom. The molecular formula is C11H10N2O4. The van der Waals surface area contributed by atoms with Gasteiger partial charge in [-0.1, -0.05) is 24.3 Å². The first kappa shape index (κ1) is 10.1. The van der Waals surface area contributed by atoms with Crippen LogP contribution in [0.25, 0.3) is 0 Å². The quantitative estimate of drug-likeness (QED) is 0.710. The Morgan fingerprint density at radius 1 is 1.29 bits per heavy atom. The fourth-order valence-corrected chi connectivity index (χ4v) is 2.55. The summed E-state index contributed by atoms with van der Waals surface area (Å²) in [5, 5.41) is 19.5. The van der Waals surface area contributed by atoms with E-state index in [9.17, 15) is 19.9 Å². The van der Waals surface area contributed by atoms with Gasteiger partial charge in [-0.15, -0.1) is 0 Å². The highest BCUT2D eigenvalue weighted by Crippen LogP contribution is 2.42. The molecule has 1 aromatic rings. The number of aliphatic carboxylic acids is 1. The number of fused-ring (bicyclic) bond motifs is 4. The molecule has 2 heterocycles. The molecule has 1 aromatic carbocycles. The van der Waals surface area contributed by atoms with Crippen LogP contribution in [-0.2, 0) is 4.79 Å². The van der Waals surface area contributed by atoms with Crippen LogP contribution >= 0.6 is 0 Å². The van der Waals surface area contributed by atoms with Crippen molar-refractivity contribution in [3.63, 3.8) is 0 Å². The SMILES string of the molecule is O=C(O)C1c2ccccc2C2CN1C(=O)N2O. The molecule has 2 aliphatic rings. The van der Waals surface area contributed by atoms with Crippen molar-refractivity contribution in [2.24, 2.45) is 0 Å². The average Bonchev–Trinajstić information content (AvgIpc) is 2.56. The van der Waals surface area contributed by atoms with E-state index < -0.39 is 24.1 Å². The van der Waals surface area contributed by atoms with E-state index in [1.165, 1.54) is 4.90 Å². The number of carboxylic acids is 1. The van der Waals surface area contributed by atoms with Gasteiger partial charge in [-0.3, -0.25) is 5.21 Å². The van der Waals surface area contributed by atoms with Crippen molar-refractivity contribution >= 4 is 12.0 Å². The molecule has 88 valence electrons. The molecule has 2 N–H and O–H groups in total. The topological polar surface area (TPSA) is 81.1 Å². The monoisotopic (exact) mass is 234 g/mol. The summed E-state index contributed by atoms with van der Waals surface area (Å²) < 4.78 is 0. The predicted molar refractivity (Wildman–Crippen MR) is 55.3 cm³/mol. The van der Waals surface area contributed by atoms with Gasteiger partial charge in [0.25, 0.3) is 0 Å².